The molecule has 0 saturated carbocycles. The van der Waals surface area contributed by atoms with Crippen molar-refractivity contribution in [2.24, 2.45) is 0 Å². The van der Waals surface area contributed by atoms with Crippen molar-refractivity contribution in [3.63, 3.8) is 0 Å². The Bertz CT molecular complexity index is 2910. The number of carbonyl (C=O) groups excluding carboxylic acids is 4. The molecular weight excluding hydrogens is 809 g/mol. The highest BCUT2D eigenvalue weighted by Crippen LogP contribution is 2.59. The lowest BCUT2D eigenvalue weighted by molar-refractivity contribution is -0.288. The molecule has 1 aliphatic carbocycles. The minimum atomic E-state index is -6.08. The van der Waals surface area contributed by atoms with Crippen LogP contribution >= 0.6 is 0 Å². The molecule has 6 aromatic carbocycles. The van der Waals surface area contributed by atoms with Gasteiger partial charge < -0.3 is 4.90 Å². The molecule has 0 saturated heterocycles. The fourth-order valence-corrected chi connectivity index (χ4v) is 9.82. The minimum absolute atomic E-state index is 0.0965. The topological polar surface area (TPSA) is 78.0 Å². The third-order valence-corrected chi connectivity index (χ3v) is 12.6. The molecule has 3 aliphatic rings. The molecule has 6 aromatic rings. The van der Waals surface area contributed by atoms with Crippen LogP contribution in [0.2, 0.25) is 0 Å². The van der Waals surface area contributed by atoms with Crippen molar-refractivity contribution in [1.82, 2.24) is 4.90 Å². The SMILES string of the molecule is Cc1cc(C2(c3ccc(N4C(=O)c5ccc(C(c6ccc7c(c6)C(=O)N(C)C7=O)(C(F)(F)F)C(F)(F)F)cc5C4=O)c(C)c3)c3ccccc3-c3ccccc32)ccc1N(C)C. The molecule has 7 nitrogen and oxygen atoms in total. The quantitative estimate of drug-likeness (QED) is 0.123. The van der Waals surface area contributed by atoms with Gasteiger partial charge in [-0.05, 0) is 106 Å². The Hall–Kier alpha value is -7.02. The first kappa shape index (κ1) is 40.4. The van der Waals surface area contributed by atoms with Crippen LogP contribution in [0.4, 0.5) is 37.7 Å². The van der Waals surface area contributed by atoms with Gasteiger partial charge in [-0.3, -0.25) is 24.1 Å². The normalized spacial score (nSPS) is 15.5. The van der Waals surface area contributed by atoms with Crippen LogP contribution in [0.15, 0.2) is 121 Å². The highest BCUT2D eigenvalue weighted by atomic mass is 19.4. The van der Waals surface area contributed by atoms with Crippen molar-refractivity contribution in [1.29, 1.82) is 0 Å². The first-order valence-corrected chi connectivity index (χ1v) is 19.5. The summed E-state index contributed by atoms with van der Waals surface area (Å²) < 4.78 is 91.8. The summed E-state index contributed by atoms with van der Waals surface area (Å²) in [6, 6.07) is 31.1. The number of fused-ring (bicyclic) bond motifs is 5. The zero-order chi connectivity index (χ0) is 44.4. The van der Waals surface area contributed by atoms with Gasteiger partial charge in [-0.15, -0.1) is 0 Å². The van der Waals surface area contributed by atoms with Gasteiger partial charge in [-0.2, -0.15) is 26.3 Å². The molecule has 62 heavy (non-hydrogen) atoms. The Labute approximate surface area is 351 Å². The zero-order valence-corrected chi connectivity index (χ0v) is 33.8. The fourth-order valence-electron chi connectivity index (χ4n) is 9.82. The van der Waals surface area contributed by atoms with E-state index >= 15 is 26.3 Å². The van der Waals surface area contributed by atoms with Crippen LogP contribution in [0.25, 0.3) is 11.1 Å². The summed E-state index contributed by atoms with van der Waals surface area (Å²) in [6.45, 7) is 3.71. The number of hydrogen-bond acceptors (Lipinski definition) is 5. The van der Waals surface area contributed by atoms with Crippen molar-refractivity contribution in [2.75, 3.05) is 30.9 Å². The van der Waals surface area contributed by atoms with E-state index in [2.05, 4.69) is 42.5 Å². The van der Waals surface area contributed by atoms with Crippen LogP contribution in [0.1, 0.15) is 85.9 Å². The summed E-state index contributed by atoms with van der Waals surface area (Å²) in [5, 5.41) is 0. The van der Waals surface area contributed by atoms with Crippen LogP contribution in [0.5, 0.6) is 0 Å². The smallest absolute Gasteiger partial charge is 0.377 e. The summed E-state index contributed by atoms with van der Waals surface area (Å²) in [5.74, 6) is -3.99. The number of benzene rings is 6. The Morgan fingerprint density at radius 2 is 0.952 bits per heavy atom. The highest BCUT2D eigenvalue weighted by Gasteiger charge is 2.73. The van der Waals surface area contributed by atoms with E-state index < -0.39 is 69.1 Å². The number of anilines is 2. The van der Waals surface area contributed by atoms with Crippen LogP contribution in [0.3, 0.4) is 0 Å². The average molecular weight is 844 g/mol. The van der Waals surface area contributed by atoms with Crippen molar-refractivity contribution in [3.8, 4) is 11.1 Å². The van der Waals surface area contributed by atoms with Gasteiger partial charge in [-0.25, -0.2) is 4.90 Å². The van der Waals surface area contributed by atoms with Gasteiger partial charge in [0.1, 0.15) is 0 Å². The molecule has 2 heterocycles. The van der Waals surface area contributed by atoms with E-state index in [1.54, 1.807) is 19.1 Å². The predicted octanol–water partition coefficient (Wildman–Crippen LogP) is 10.2. The number of amides is 4. The van der Waals surface area contributed by atoms with E-state index in [1.807, 2.05) is 56.3 Å². The van der Waals surface area contributed by atoms with Crippen LogP contribution in [0, 0.1) is 13.8 Å². The Morgan fingerprint density at radius 3 is 1.45 bits per heavy atom. The molecule has 0 atom stereocenters. The number of carbonyl (C=O) groups is 4. The average Bonchev–Trinajstić information content (AvgIpc) is 3.74. The third-order valence-electron chi connectivity index (χ3n) is 12.6. The molecule has 0 aromatic heterocycles. The lowest BCUT2D eigenvalue weighted by Crippen LogP contribution is -2.55. The van der Waals surface area contributed by atoms with Gasteiger partial charge in [0.2, 0.25) is 5.41 Å². The summed E-state index contributed by atoms with van der Waals surface area (Å²) >= 11 is 0. The molecule has 0 radical (unpaired) electrons. The number of nitrogens with zero attached hydrogens (tertiary/aromatic N) is 3. The number of rotatable bonds is 6. The summed E-state index contributed by atoms with van der Waals surface area (Å²) in [5.41, 5.74) is -2.03. The van der Waals surface area contributed by atoms with Crippen molar-refractivity contribution < 1.29 is 45.5 Å². The molecule has 312 valence electrons. The molecule has 9 rings (SSSR count). The molecule has 4 amide bonds. The van der Waals surface area contributed by atoms with E-state index in [-0.39, 0.29) is 16.8 Å². The number of imide groups is 2. The number of alkyl halides is 6. The van der Waals surface area contributed by atoms with Crippen molar-refractivity contribution in [2.45, 2.75) is 37.0 Å². The second kappa shape index (κ2) is 13.5. The van der Waals surface area contributed by atoms with Crippen molar-refractivity contribution >= 4 is 35.0 Å². The van der Waals surface area contributed by atoms with Gasteiger partial charge in [0.25, 0.3) is 23.6 Å². The first-order valence-electron chi connectivity index (χ1n) is 19.5. The maximum Gasteiger partial charge on any atom is 0.411 e. The first-order chi connectivity index (χ1) is 29.3. The van der Waals surface area contributed by atoms with Gasteiger partial charge in [0, 0.05) is 26.8 Å². The van der Waals surface area contributed by atoms with Gasteiger partial charge in [0.05, 0.1) is 33.4 Å². The molecule has 0 unspecified atom stereocenters. The Morgan fingerprint density at radius 1 is 0.500 bits per heavy atom. The second-order valence-corrected chi connectivity index (χ2v) is 16.1. The zero-order valence-electron chi connectivity index (χ0n) is 33.8. The molecule has 2 aliphatic heterocycles. The minimum Gasteiger partial charge on any atom is -0.377 e. The molecule has 0 fully saturated rings. The largest absolute Gasteiger partial charge is 0.411 e. The standard InChI is InChI=1S/C49H35F6N3O4/c1-26-22-28(16-20-40(26)56(3)4)46(38-12-8-6-10-32(38)33-11-7-9-13-39(33)46)29-17-21-41(27(2)23-29)58-44(61)35-19-15-31(25-37(35)45(58)62)47(48(50,51)52,49(53,54)55)30-14-18-34-36(24-30)43(60)57(5)42(34)59/h6-25H,1-5H3. The Kier molecular flexibility index (Phi) is 8.79. The number of halogens is 6. The van der Waals surface area contributed by atoms with Crippen LogP contribution in [-0.4, -0.2) is 62.0 Å². The maximum atomic E-state index is 15.3. The molecular formula is C49H35F6N3O4. The van der Waals surface area contributed by atoms with E-state index in [4.69, 9.17) is 0 Å². The van der Waals surface area contributed by atoms with E-state index in [9.17, 15) is 19.2 Å². The van der Waals surface area contributed by atoms with Gasteiger partial charge >= 0.3 is 12.4 Å². The highest BCUT2D eigenvalue weighted by molar-refractivity contribution is 6.34. The second-order valence-electron chi connectivity index (χ2n) is 16.1. The van der Waals surface area contributed by atoms with Gasteiger partial charge in [0.15, 0.2) is 0 Å². The van der Waals surface area contributed by atoms with E-state index in [0.29, 0.717) is 34.7 Å². The predicted molar refractivity (Wildman–Crippen MR) is 221 cm³/mol. The lowest BCUT2D eigenvalue weighted by atomic mass is 9.67. The van der Waals surface area contributed by atoms with Gasteiger partial charge in [-0.1, -0.05) is 84.9 Å². The van der Waals surface area contributed by atoms with Crippen molar-refractivity contribution in [3.05, 3.63) is 188 Å². The Balaban J connectivity index is 1.18. The fraction of sp³-hybridized carbons (Fsp3) is 0.184. The molecule has 0 N–H and O–H groups in total. The summed E-state index contributed by atoms with van der Waals surface area (Å²) in [6.07, 6.45) is -12.2. The van der Waals surface area contributed by atoms with Crippen LogP contribution in [-0.2, 0) is 10.8 Å². The van der Waals surface area contributed by atoms with E-state index in [0.717, 1.165) is 68.7 Å². The monoisotopic (exact) mass is 843 g/mol. The molecule has 13 heteroatoms. The lowest BCUT2D eigenvalue weighted by Gasteiger charge is -2.38. The third kappa shape index (κ3) is 5.26. The molecule has 0 bridgehead atoms. The maximum absolute atomic E-state index is 15.3. The molecule has 0 spiro atoms. The summed E-state index contributed by atoms with van der Waals surface area (Å²) in [4.78, 5) is 57.0. The number of aryl methyl sites for hydroxylation is 2. The van der Waals surface area contributed by atoms with E-state index in [1.165, 1.54) is 0 Å². The number of hydrogen-bond donors (Lipinski definition) is 0. The summed E-state index contributed by atoms with van der Waals surface area (Å²) in [7, 11) is 4.98. The van der Waals surface area contributed by atoms with Crippen LogP contribution < -0.4 is 9.80 Å².